The van der Waals surface area contributed by atoms with E-state index in [1.807, 2.05) is 53.2 Å². The quantitative estimate of drug-likeness (QED) is 0.447. The number of para-hydroxylation sites is 1. The Morgan fingerprint density at radius 1 is 1.03 bits per heavy atom. The van der Waals surface area contributed by atoms with Gasteiger partial charge < -0.3 is 15.4 Å². The molecule has 5 rings (SSSR count). The van der Waals surface area contributed by atoms with Crippen LogP contribution in [0.5, 0.6) is 5.75 Å². The van der Waals surface area contributed by atoms with Crippen molar-refractivity contribution in [2.75, 3.05) is 18.5 Å². The molecule has 1 aliphatic heterocycles. The van der Waals surface area contributed by atoms with Crippen LogP contribution in [0.3, 0.4) is 0 Å². The van der Waals surface area contributed by atoms with Gasteiger partial charge in [0, 0.05) is 23.4 Å². The highest BCUT2D eigenvalue weighted by molar-refractivity contribution is 5.94. The Morgan fingerprint density at radius 2 is 1.88 bits per heavy atom. The van der Waals surface area contributed by atoms with Crippen LogP contribution in [0.15, 0.2) is 48.5 Å². The molecule has 0 unspecified atom stereocenters. The van der Waals surface area contributed by atoms with Gasteiger partial charge in [-0.1, -0.05) is 24.6 Å². The summed E-state index contributed by atoms with van der Waals surface area (Å²) in [5.74, 6) is 0.632. The number of nitrogens with one attached hydrogen (secondary N) is 2. The number of nitrogens with zero attached hydrogens (tertiary/aromatic N) is 2. The monoisotopic (exact) mass is 444 g/mol. The maximum Gasteiger partial charge on any atom is 0.272 e. The van der Waals surface area contributed by atoms with Gasteiger partial charge in [-0.25, -0.2) is 4.68 Å². The first-order valence-corrected chi connectivity index (χ1v) is 11.7. The van der Waals surface area contributed by atoms with Crippen molar-refractivity contribution in [3.63, 3.8) is 0 Å². The largest absolute Gasteiger partial charge is 0.492 e. The van der Waals surface area contributed by atoms with Crippen molar-refractivity contribution in [2.24, 2.45) is 0 Å². The van der Waals surface area contributed by atoms with Crippen molar-refractivity contribution in [3.8, 4) is 11.4 Å². The third-order valence-electron chi connectivity index (χ3n) is 6.27. The minimum atomic E-state index is -0.153. The molecule has 7 heteroatoms. The summed E-state index contributed by atoms with van der Waals surface area (Å²) in [5.41, 5.74) is 5.67. The van der Waals surface area contributed by atoms with Crippen molar-refractivity contribution in [2.45, 2.75) is 44.9 Å². The molecule has 170 valence electrons. The fourth-order valence-corrected chi connectivity index (χ4v) is 4.61. The molecule has 0 spiro atoms. The number of anilines is 1. The summed E-state index contributed by atoms with van der Waals surface area (Å²) in [6.07, 6.45) is 6.39. The van der Waals surface area contributed by atoms with E-state index in [9.17, 15) is 9.59 Å². The van der Waals surface area contributed by atoms with Crippen molar-refractivity contribution in [1.29, 1.82) is 0 Å². The second kappa shape index (κ2) is 9.48. The molecule has 1 aromatic heterocycles. The van der Waals surface area contributed by atoms with E-state index < -0.39 is 0 Å². The summed E-state index contributed by atoms with van der Waals surface area (Å²) in [6.45, 7) is 0.748. The van der Waals surface area contributed by atoms with Crippen LogP contribution < -0.4 is 15.4 Å². The number of carbonyl (C=O) groups excluding carboxylic acids is 2. The van der Waals surface area contributed by atoms with Gasteiger partial charge in [-0.2, -0.15) is 5.10 Å². The van der Waals surface area contributed by atoms with E-state index in [-0.39, 0.29) is 11.8 Å². The van der Waals surface area contributed by atoms with E-state index in [0.717, 1.165) is 59.6 Å². The first-order valence-electron chi connectivity index (χ1n) is 11.7. The molecule has 0 bridgehead atoms. The molecule has 7 nitrogen and oxygen atoms in total. The van der Waals surface area contributed by atoms with E-state index in [2.05, 4.69) is 10.6 Å². The third kappa shape index (κ3) is 4.62. The molecule has 0 saturated carbocycles. The van der Waals surface area contributed by atoms with Gasteiger partial charge in [0.25, 0.3) is 5.91 Å². The van der Waals surface area contributed by atoms with Gasteiger partial charge in [-0.3, -0.25) is 9.59 Å². The second-order valence-corrected chi connectivity index (χ2v) is 8.55. The minimum Gasteiger partial charge on any atom is -0.492 e. The van der Waals surface area contributed by atoms with Crippen LogP contribution in [0.4, 0.5) is 5.69 Å². The Hall–Kier alpha value is -3.61. The van der Waals surface area contributed by atoms with E-state index >= 15 is 0 Å². The van der Waals surface area contributed by atoms with Gasteiger partial charge in [0.05, 0.1) is 12.2 Å². The van der Waals surface area contributed by atoms with Crippen LogP contribution in [0.25, 0.3) is 5.69 Å². The van der Waals surface area contributed by atoms with E-state index in [4.69, 9.17) is 9.84 Å². The van der Waals surface area contributed by atoms with Crippen LogP contribution in [-0.2, 0) is 24.1 Å². The fourth-order valence-electron chi connectivity index (χ4n) is 4.61. The Balaban J connectivity index is 1.24. The number of aryl methyl sites for hydroxylation is 1. The van der Waals surface area contributed by atoms with E-state index in [1.54, 1.807) is 0 Å². The SMILES string of the molecule is O=C1CCc2cc(OCCNC(=O)c3nn(-c4ccccc4)c4c3CCCCC4)ccc2N1. The standard InChI is InChI=1S/C26H28N4O3/c31-24-14-11-18-17-20(12-13-22(18)28-24)33-16-15-27-26(32)25-21-9-5-2-6-10-23(21)30(29-25)19-7-3-1-4-8-19/h1,3-4,7-8,12-13,17H,2,5-6,9-11,14-16H2,(H,27,32)(H,28,31). The molecule has 2 heterocycles. The number of hydrogen-bond donors (Lipinski definition) is 2. The van der Waals surface area contributed by atoms with Crippen molar-refractivity contribution in [3.05, 3.63) is 71.0 Å². The van der Waals surface area contributed by atoms with Crippen LogP contribution in [0.2, 0.25) is 0 Å². The Kier molecular flexibility index (Phi) is 6.11. The molecular formula is C26H28N4O3. The van der Waals surface area contributed by atoms with Crippen LogP contribution in [0, 0.1) is 0 Å². The second-order valence-electron chi connectivity index (χ2n) is 8.55. The molecule has 0 atom stereocenters. The zero-order chi connectivity index (χ0) is 22.6. The average molecular weight is 445 g/mol. The molecule has 0 saturated heterocycles. The van der Waals surface area contributed by atoms with Gasteiger partial charge in [-0.15, -0.1) is 0 Å². The minimum absolute atomic E-state index is 0.0477. The Bertz CT molecular complexity index is 1170. The zero-order valence-electron chi connectivity index (χ0n) is 18.6. The maximum atomic E-state index is 13.0. The molecule has 1 aliphatic carbocycles. The summed E-state index contributed by atoms with van der Waals surface area (Å²) in [6, 6.07) is 15.7. The van der Waals surface area contributed by atoms with E-state index in [1.165, 1.54) is 6.42 Å². The number of ether oxygens (including phenoxy) is 1. The fraction of sp³-hybridized carbons (Fsp3) is 0.346. The Morgan fingerprint density at radius 3 is 2.76 bits per heavy atom. The van der Waals surface area contributed by atoms with Gasteiger partial charge in [0.1, 0.15) is 12.4 Å². The number of amides is 2. The molecule has 2 aromatic carbocycles. The number of fused-ring (bicyclic) bond motifs is 2. The number of benzene rings is 2. The molecule has 33 heavy (non-hydrogen) atoms. The normalized spacial score (nSPS) is 15.1. The predicted molar refractivity (Wildman–Crippen MR) is 126 cm³/mol. The lowest BCUT2D eigenvalue weighted by Crippen LogP contribution is -2.29. The maximum absolute atomic E-state index is 13.0. The van der Waals surface area contributed by atoms with E-state index in [0.29, 0.717) is 31.7 Å². The predicted octanol–water partition coefficient (Wildman–Crippen LogP) is 3.83. The Labute approximate surface area is 193 Å². The van der Waals surface area contributed by atoms with Gasteiger partial charge in [0.2, 0.25) is 5.91 Å². The summed E-state index contributed by atoms with van der Waals surface area (Å²) < 4.78 is 7.78. The molecule has 2 aliphatic rings. The highest BCUT2D eigenvalue weighted by atomic mass is 16.5. The summed E-state index contributed by atoms with van der Waals surface area (Å²) in [4.78, 5) is 24.5. The summed E-state index contributed by atoms with van der Waals surface area (Å²) >= 11 is 0. The lowest BCUT2D eigenvalue weighted by Gasteiger charge is -2.17. The van der Waals surface area contributed by atoms with Gasteiger partial charge in [-0.05, 0) is 68.0 Å². The molecule has 3 aromatic rings. The van der Waals surface area contributed by atoms with Gasteiger partial charge >= 0.3 is 0 Å². The first-order chi connectivity index (χ1) is 16.2. The zero-order valence-corrected chi connectivity index (χ0v) is 18.6. The van der Waals surface area contributed by atoms with Crippen molar-refractivity contribution < 1.29 is 14.3 Å². The molecule has 2 N–H and O–H groups in total. The number of carbonyl (C=O) groups is 2. The molecule has 2 amide bonds. The average Bonchev–Trinajstić information content (AvgIpc) is 3.03. The topological polar surface area (TPSA) is 85.2 Å². The smallest absolute Gasteiger partial charge is 0.272 e. The molecule has 0 radical (unpaired) electrons. The highest BCUT2D eigenvalue weighted by Crippen LogP contribution is 2.27. The lowest BCUT2D eigenvalue weighted by molar-refractivity contribution is -0.116. The lowest BCUT2D eigenvalue weighted by atomic mass is 10.0. The van der Waals surface area contributed by atoms with Crippen molar-refractivity contribution in [1.82, 2.24) is 15.1 Å². The number of rotatable bonds is 6. The van der Waals surface area contributed by atoms with Gasteiger partial charge in [0.15, 0.2) is 5.69 Å². The summed E-state index contributed by atoms with van der Waals surface area (Å²) in [7, 11) is 0. The van der Waals surface area contributed by atoms with Crippen LogP contribution >= 0.6 is 0 Å². The molecule has 0 fully saturated rings. The third-order valence-corrected chi connectivity index (χ3v) is 6.27. The number of hydrogen-bond acceptors (Lipinski definition) is 4. The summed E-state index contributed by atoms with van der Waals surface area (Å²) in [5, 5.41) is 10.6. The van der Waals surface area contributed by atoms with Crippen molar-refractivity contribution >= 4 is 17.5 Å². The number of aromatic nitrogens is 2. The first kappa shape index (κ1) is 21.2. The van der Waals surface area contributed by atoms with Crippen LogP contribution in [-0.4, -0.2) is 34.7 Å². The van der Waals surface area contributed by atoms with Crippen LogP contribution in [0.1, 0.15) is 53.0 Å². The molecular weight excluding hydrogens is 416 g/mol. The highest BCUT2D eigenvalue weighted by Gasteiger charge is 2.24.